The van der Waals surface area contributed by atoms with Gasteiger partial charge in [0, 0.05) is 42.6 Å². The molecule has 2 aliphatic rings. The zero-order valence-corrected chi connectivity index (χ0v) is 16.7. The van der Waals surface area contributed by atoms with Gasteiger partial charge in [-0.2, -0.15) is 5.10 Å². The van der Waals surface area contributed by atoms with Gasteiger partial charge in [0.15, 0.2) is 11.6 Å². The first-order valence-electron chi connectivity index (χ1n) is 8.74. The Kier molecular flexibility index (Phi) is 4.18. The van der Waals surface area contributed by atoms with Gasteiger partial charge < -0.3 is 4.90 Å². The van der Waals surface area contributed by atoms with Gasteiger partial charge in [-0.25, -0.2) is 13.8 Å². The van der Waals surface area contributed by atoms with E-state index in [2.05, 4.69) is 42.1 Å². The van der Waals surface area contributed by atoms with E-state index in [1.165, 1.54) is 25.0 Å². The maximum absolute atomic E-state index is 6.39. The minimum atomic E-state index is 0.264. The Bertz CT molecular complexity index is 805. The van der Waals surface area contributed by atoms with Crippen molar-refractivity contribution in [1.29, 1.82) is 0 Å². The quantitative estimate of drug-likeness (QED) is 0.821. The molecule has 1 aliphatic carbocycles. The summed E-state index contributed by atoms with van der Waals surface area (Å²) >= 11 is 7.73. The van der Waals surface area contributed by atoms with Crippen LogP contribution in [0.3, 0.4) is 0 Å². The summed E-state index contributed by atoms with van der Waals surface area (Å²) in [5, 5.41) is 11.0. The monoisotopic (exact) mass is 380 g/mol. The maximum Gasteiger partial charge on any atom is 0.157 e. The normalized spacial score (nSPS) is 19.9. The second kappa shape index (κ2) is 6.01. The number of nitrogens with zero attached hydrogens (tertiary/aromatic N) is 5. The Morgan fingerprint density at radius 3 is 2.68 bits per heavy atom. The lowest BCUT2D eigenvalue weighted by Gasteiger charge is -2.60. The highest BCUT2D eigenvalue weighted by Crippen LogP contribution is 2.52. The van der Waals surface area contributed by atoms with Crippen molar-refractivity contribution in [1.82, 2.24) is 18.9 Å². The van der Waals surface area contributed by atoms with E-state index in [4.69, 9.17) is 21.7 Å². The van der Waals surface area contributed by atoms with Crippen molar-refractivity contribution >= 4 is 35.1 Å². The third-order valence-corrected chi connectivity index (χ3v) is 6.54. The zero-order valence-electron chi connectivity index (χ0n) is 15.2. The summed E-state index contributed by atoms with van der Waals surface area (Å²) in [6.45, 7) is 8.41. The first-order chi connectivity index (χ1) is 11.8. The Hall–Kier alpha value is -1.02. The number of rotatable bonds is 4. The van der Waals surface area contributed by atoms with Crippen LogP contribution in [0, 0.1) is 12.3 Å². The number of hydrogen-bond acceptors (Lipinski definition) is 6. The van der Waals surface area contributed by atoms with Crippen LogP contribution in [0.1, 0.15) is 44.0 Å². The lowest BCUT2D eigenvalue weighted by Crippen LogP contribution is -2.66. The number of fused-ring (bicyclic) bond motifs is 1. The molecule has 0 aromatic carbocycles. The molecule has 2 fully saturated rings. The first kappa shape index (κ1) is 17.4. The van der Waals surface area contributed by atoms with Crippen molar-refractivity contribution in [2.24, 2.45) is 10.6 Å². The summed E-state index contributed by atoms with van der Waals surface area (Å²) in [6, 6.07) is 2.57. The average molecular weight is 381 g/mol. The van der Waals surface area contributed by atoms with Gasteiger partial charge in [0.05, 0.1) is 0 Å². The van der Waals surface area contributed by atoms with Crippen molar-refractivity contribution in [2.45, 2.75) is 45.6 Å². The smallest absolute Gasteiger partial charge is 0.157 e. The van der Waals surface area contributed by atoms with Crippen molar-refractivity contribution in [3.05, 3.63) is 22.6 Å². The second-order valence-electron chi connectivity index (χ2n) is 7.93. The molecule has 2 aromatic heterocycles. The molecular weight excluding hydrogens is 356 g/mol. The predicted molar refractivity (Wildman–Crippen MR) is 104 cm³/mol. The summed E-state index contributed by atoms with van der Waals surface area (Å²) in [5.74, 6) is 2.13. The number of aryl methyl sites for hydroxylation is 1. The van der Waals surface area contributed by atoms with Gasteiger partial charge >= 0.3 is 0 Å². The predicted octanol–water partition coefficient (Wildman–Crippen LogP) is 3.24. The average Bonchev–Trinajstić information content (AvgIpc) is 2.78. The Balaban J connectivity index is 1.61. The van der Waals surface area contributed by atoms with E-state index in [1.54, 1.807) is 0 Å². The molecule has 3 heterocycles. The van der Waals surface area contributed by atoms with Gasteiger partial charge in [0.1, 0.15) is 10.7 Å². The van der Waals surface area contributed by atoms with Crippen molar-refractivity contribution < 1.29 is 0 Å². The largest absolute Gasteiger partial charge is 0.353 e. The summed E-state index contributed by atoms with van der Waals surface area (Å²) < 4.78 is 4.02. The molecule has 0 unspecified atom stereocenters. The third-order valence-electron chi connectivity index (χ3n) is 5.64. The van der Waals surface area contributed by atoms with Gasteiger partial charge in [-0.1, -0.05) is 25.4 Å². The molecule has 4 rings (SSSR count). The number of halogens is 1. The molecule has 0 radical (unpaired) electrons. The highest BCUT2D eigenvalue weighted by molar-refractivity contribution is 7.94. The third kappa shape index (κ3) is 2.72. The number of nitrogens with two attached hydrogens (primary N) is 1. The molecule has 0 amide bonds. The van der Waals surface area contributed by atoms with Gasteiger partial charge in [-0.05, 0) is 38.4 Å². The van der Waals surface area contributed by atoms with Crippen molar-refractivity contribution in [3.8, 4) is 0 Å². The molecule has 1 aliphatic heterocycles. The summed E-state index contributed by atoms with van der Waals surface area (Å²) in [4.78, 5) is 7.28. The van der Waals surface area contributed by atoms with Gasteiger partial charge in [0.2, 0.25) is 0 Å². The standard InChI is InChI=1S/C17H25ClN6S/c1-10(2)15-20-16(14-11(3)5-13(18)24(14)21-15)23-8-17(9-23)6-12(7-17)22(4)25-19/h5,10,12H,6-9,19H2,1-4H3. The van der Waals surface area contributed by atoms with Crippen LogP contribution in [0.15, 0.2) is 6.07 Å². The molecule has 6 nitrogen and oxygen atoms in total. The van der Waals surface area contributed by atoms with Crippen LogP contribution in [0.4, 0.5) is 5.82 Å². The molecule has 0 atom stereocenters. The van der Waals surface area contributed by atoms with Crippen molar-refractivity contribution in [3.63, 3.8) is 0 Å². The van der Waals surface area contributed by atoms with Crippen LogP contribution in [-0.4, -0.2) is 45.1 Å². The molecule has 2 N–H and O–H groups in total. The van der Waals surface area contributed by atoms with Crippen LogP contribution in [0.5, 0.6) is 0 Å². The van der Waals surface area contributed by atoms with Crippen LogP contribution < -0.4 is 10.0 Å². The van der Waals surface area contributed by atoms with E-state index in [0.29, 0.717) is 16.6 Å². The number of hydrogen-bond donors (Lipinski definition) is 1. The Morgan fingerprint density at radius 2 is 2.08 bits per heavy atom. The number of anilines is 1. The lowest BCUT2D eigenvalue weighted by atomic mass is 9.60. The van der Waals surface area contributed by atoms with Crippen LogP contribution in [0.25, 0.3) is 5.52 Å². The summed E-state index contributed by atoms with van der Waals surface area (Å²) in [5.41, 5.74) is 2.59. The van der Waals surface area contributed by atoms with Crippen LogP contribution >= 0.6 is 23.7 Å². The molecule has 2 aromatic rings. The molecule has 25 heavy (non-hydrogen) atoms. The Morgan fingerprint density at radius 1 is 1.40 bits per heavy atom. The topological polar surface area (TPSA) is 62.7 Å². The van der Waals surface area contributed by atoms with E-state index in [1.807, 2.05) is 10.6 Å². The first-order valence-corrected chi connectivity index (χ1v) is 9.95. The second-order valence-corrected chi connectivity index (χ2v) is 9.10. The molecule has 0 bridgehead atoms. The molecule has 1 saturated carbocycles. The molecule has 8 heteroatoms. The van der Waals surface area contributed by atoms with E-state index >= 15 is 0 Å². The Labute approximate surface area is 158 Å². The maximum atomic E-state index is 6.39. The zero-order chi connectivity index (χ0) is 17.9. The van der Waals surface area contributed by atoms with Crippen LogP contribution in [-0.2, 0) is 0 Å². The van der Waals surface area contributed by atoms with E-state index in [-0.39, 0.29) is 5.92 Å². The highest BCUT2D eigenvalue weighted by Gasteiger charge is 2.54. The fourth-order valence-electron chi connectivity index (χ4n) is 4.16. The summed E-state index contributed by atoms with van der Waals surface area (Å²) in [6.07, 6.45) is 2.42. The molecular formula is C17H25ClN6S. The van der Waals surface area contributed by atoms with Gasteiger partial charge in [-0.3, -0.25) is 5.14 Å². The number of aromatic nitrogens is 3. The lowest BCUT2D eigenvalue weighted by molar-refractivity contribution is 0.0239. The molecule has 1 saturated heterocycles. The minimum absolute atomic E-state index is 0.264. The van der Waals surface area contributed by atoms with Crippen LogP contribution in [0.2, 0.25) is 5.15 Å². The van der Waals surface area contributed by atoms with E-state index in [0.717, 1.165) is 35.8 Å². The summed E-state index contributed by atoms with van der Waals surface area (Å²) in [7, 11) is 2.08. The fourth-order valence-corrected chi connectivity index (χ4v) is 4.76. The minimum Gasteiger partial charge on any atom is -0.353 e. The van der Waals surface area contributed by atoms with Crippen molar-refractivity contribution in [2.75, 3.05) is 25.0 Å². The van der Waals surface area contributed by atoms with Gasteiger partial charge in [-0.15, -0.1) is 0 Å². The molecule has 1 spiro atoms. The molecule has 136 valence electrons. The highest BCUT2D eigenvalue weighted by atomic mass is 35.5. The van der Waals surface area contributed by atoms with E-state index in [9.17, 15) is 0 Å². The SMILES string of the molecule is Cc1cc(Cl)n2nc(C(C)C)nc(N3CC4(CC(N(C)SN)C4)C3)c12. The fraction of sp³-hybridized carbons (Fsp3) is 0.647. The van der Waals surface area contributed by atoms with E-state index < -0.39 is 0 Å². The van der Waals surface area contributed by atoms with Gasteiger partial charge in [0.25, 0.3) is 0 Å².